The Morgan fingerprint density at radius 2 is 2.20 bits per heavy atom. The lowest BCUT2D eigenvalue weighted by Gasteiger charge is -2.36. The maximum atomic E-state index is 13.4. The molecule has 0 aromatic heterocycles. The number of hydrogen-bond acceptors (Lipinski definition) is 3. The Kier molecular flexibility index (Phi) is 4.73. The van der Waals surface area contributed by atoms with Crippen LogP contribution in [0.5, 0.6) is 0 Å². The molecule has 110 valence electrons. The number of halogens is 1. The second-order valence-electron chi connectivity index (χ2n) is 5.38. The lowest BCUT2D eigenvalue weighted by Crippen LogP contribution is -2.57. The van der Waals surface area contributed by atoms with Gasteiger partial charge in [0.2, 0.25) is 0 Å². The van der Waals surface area contributed by atoms with Gasteiger partial charge in [-0.3, -0.25) is 4.79 Å². The number of aliphatic hydroxyl groups is 1. The van der Waals surface area contributed by atoms with E-state index in [1.807, 2.05) is 0 Å². The highest BCUT2D eigenvalue weighted by Crippen LogP contribution is 2.20. The Labute approximate surface area is 118 Å². The number of likely N-dealkylation sites (N-methyl/N-ethyl adjacent to an activating group) is 1. The molecule has 1 aromatic carbocycles. The molecule has 0 radical (unpaired) electrons. The zero-order chi connectivity index (χ0) is 14.6. The number of benzene rings is 1. The first-order valence-electron chi connectivity index (χ1n) is 6.95. The molecule has 1 heterocycles. The van der Waals surface area contributed by atoms with Gasteiger partial charge >= 0.3 is 0 Å². The first kappa shape index (κ1) is 14.9. The van der Waals surface area contributed by atoms with Gasteiger partial charge in [0.15, 0.2) is 5.60 Å². The Hall–Kier alpha value is -1.46. The van der Waals surface area contributed by atoms with Gasteiger partial charge in [0.05, 0.1) is 0 Å². The van der Waals surface area contributed by atoms with E-state index in [2.05, 4.69) is 5.32 Å². The molecule has 0 saturated carbocycles. The van der Waals surface area contributed by atoms with Crippen molar-refractivity contribution in [2.75, 3.05) is 26.7 Å². The molecule has 0 aliphatic carbocycles. The number of piperidine rings is 1. The fourth-order valence-corrected chi connectivity index (χ4v) is 2.56. The molecule has 2 rings (SSSR count). The van der Waals surface area contributed by atoms with Gasteiger partial charge in [0, 0.05) is 20.1 Å². The number of hydrogen-bond donors (Lipinski definition) is 2. The fraction of sp³-hybridized carbons (Fsp3) is 0.533. The van der Waals surface area contributed by atoms with Crippen molar-refractivity contribution in [1.82, 2.24) is 10.2 Å². The van der Waals surface area contributed by atoms with Crippen LogP contribution in [0.4, 0.5) is 4.39 Å². The van der Waals surface area contributed by atoms with E-state index in [-0.39, 0.29) is 18.3 Å². The number of nitrogens with zero attached hydrogens (tertiary/aromatic N) is 1. The topological polar surface area (TPSA) is 52.6 Å². The van der Waals surface area contributed by atoms with E-state index in [4.69, 9.17) is 0 Å². The average Bonchev–Trinajstić information content (AvgIpc) is 2.43. The molecule has 1 fully saturated rings. The van der Waals surface area contributed by atoms with Gasteiger partial charge in [-0.2, -0.15) is 0 Å². The first-order valence-corrected chi connectivity index (χ1v) is 6.95. The van der Waals surface area contributed by atoms with Gasteiger partial charge in [-0.1, -0.05) is 18.2 Å². The van der Waals surface area contributed by atoms with Crippen molar-refractivity contribution < 1.29 is 14.3 Å². The summed E-state index contributed by atoms with van der Waals surface area (Å²) in [6.07, 6.45) is 1.81. The van der Waals surface area contributed by atoms with E-state index >= 15 is 0 Å². The van der Waals surface area contributed by atoms with Crippen LogP contribution >= 0.6 is 0 Å². The van der Waals surface area contributed by atoms with Gasteiger partial charge in [-0.15, -0.1) is 0 Å². The molecule has 20 heavy (non-hydrogen) atoms. The first-order chi connectivity index (χ1) is 9.53. The third-order valence-corrected chi connectivity index (χ3v) is 3.78. The second-order valence-corrected chi connectivity index (χ2v) is 5.38. The van der Waals surface area contributed by atoms with Crippen molar-refractivity contribution in [3.63, 3.8) is 0 Å². The predicted octanol–water partition coefficient (Wildman–Crippen LogP) is 0.941. The molecule has 0 bridgehead atoms. The molecule has 1 unspecified atom stereocenters. The predicted molar refractivity (Wildman–Crippen MR) is 74.8 cm³/mol. The summed E-state index contributed by atoms with van der Waals surface area (Å²) >= 11 is 0. The van der Waals surface area contributed by atoms with Crippen LogP contribution in [0.2, 0.25) is 0 Å². The van der Waals surface area contributed by atoms with E-state index in [0.717, 1.165) is 6.42 Å². The molecule has 1 amide bonds. The van der Waals surface area contributed by atoms with Crippen molar-refractivity contribution in [3.05, 3.63) is 35.6 Å². The smallest absolute Gasteiger partial charge is 0.255 e. The number of likely N-dealkylation sites (tertiary alicyclic amines) is 1. The third-order valence-electron chi connectivity index (χ3n) is 3.78. The van der Waals surface area contributed by atoms with Crippen molar-refractivity contribution in [1.29, 1.82) is 0 Å². The Balaban J connectivity index is 1.81. The number of carbonyl (C=O) groups is 1. The van der Waals surface area contributed by atoms with Crippen molar-refractivity contribution in [2.24, 2.45) is 0 Å². The van der Waals surface area contributed by atoms with E-state index < -0.39 is 5.60 Å². The van der Waals surface area contributed by atoms with E-state index in [0.29, 0.717) is 31.5 Å². The number of nitrogens with one attached hydrogen (secondary N) is 1. The quantitative estimate of drug-likeness (QED) is 0.789. The average molecular weight is 280 g/mol. The highest BCUT2D eigenvalue weighted by atomic mass is 19.1. The zero-order valence-electron chi connectivity index (χ0n) is 11.7. The van der Waals surface area contributed by atoms with Gasteiger partial charge < -0.3 is 15.3 Å². The maximum absolute atomic E-state index is 13.4. The summed E-state index contributed by atoms with van der Waals surface area (Å²) in [7, 11) is 1.70. The summed E-state index contributed by atoms with van der Waals surface area (Å²) in [4.78, 5) is 13.5. The van der Waals surface area contributed by atoms with Crippen LogP contribution in [0.15, 0.2) is 24.3 Å². The summed E-state index contributed by atoms with van der Waals surface area (Å²) in [6, 6.07) is 6.63. The molecule has 0 spiro atoms. The van der Waals surface area contributed by atoms with Crippen LogP contribution in [0.3, 0.4) is 0 Å². The number of amides is 1. The van der Waals surface area contributed by atoms with Gasteiger partial charge in [-0.25, -0.2) is 4.39 Å². The molecule has 1 aliphatic heterocycles. The Morgan fingerprint density at radius 3 is 2.95 bits per heavy atom. The molecule has 5 heteroatoms. The molecule has 1 atom stereocenters. The standard InChI is InChI=1S/C15H21FN2O2/c1-18-10-4-8-15(20,14(18)19)11-17-9-7-12-5-2-3-6-13(12)16/h2-3,5-6,17,20H,4,7-11H2,1H3. The van der Waals surface area contributed by atoms with Crippen LogP contribution in [0.25, 0.3) is 0 Å². The van der Waals surface area contributed by atoms with Crippen LogP contribution in [-0.2, 0) is 11.2 Å². The van der Waals surface area contributed by atoms with E-state index in [9.17, 15) is 14.3 Å². The molecule has 1 saturated heterocycles. The second kappa shape index (κ2) is 6.33. The monoisotopic (exact) mass is 280 g/mol. The van der Waals surface area contributed by atoms with Gasteiger partial charge in [0.1, 0.15) is 5.82 Å². The molecular formula is C15H21FN2O2. The normalized spacial score (nSPS) is 23.1. The summed E-state index contributed by atoms with van der Waals surface area (Å²) in [6.45, 7) is 1.43. The fourth-order valence-electron chi connectivity index (χ4n) is 2.56. The van der Waals surface area contributed by atoms with Crippen LogP contribution in [-0.4, -0.2) is 48.2 Å². The minimum atomic E-state index is -1.32. The third kappa shape index (κ3) is 3.35. The highest BCUT2D eigenvalue weighted by molar-refractivity contribution is 5.85. The summed E-state index contributed by atoms with van der Waals surface area (Å²) in [5.41, 5.74) is -0.679. The van der Waals surface area contributed by atoms with E-state index in [1.54, 1.807) is 30.1 Å². The SMILES string of the molecule is CN1CCCC(O)(CNCCc2ccccc2F)C1=O. The maximum Gasteiger partial charge on any atom is 0.255 e. The van der Waals surface area contributed by atoms with Crippen molar-refractivity contribution in [2.45, 2.75) is 24.9 Å². The lowest BCUT2D eigenvalue weighted by atomic mass is 9.92. The Morgan fingerprint density at radius 1 is 1.45 bits per heavy atom. The van der Waals surface area contributed by atoms with Crippen LogP contribution in [0.1, 0.15) is 18.4 Å². The molecule has 1 aromatic rings. The molecular weight excluding hydrogens is 259 g/mol. The minimum Gasteiger partial charge on any atom is -0.379 e. The van der Waals surface area contributed by atoms with Crippen molar-refractivity contribution >= 4 is 5.91 Å². The van der Waals surface area contributed by atoms with Crippen LogP contribution in [0, 0.1) is 5.82 Å². The number of carbonyl (C=O) groups excluding carboxylic acids is 1. The van der Waals surface area contributed by atoms with Gasteiger partial charge in [0.25, 0.3) is 5.91 Å². The van der Waals surface area contributed by atoms with E-state index in [1.165, 1.54) is 6.07 Å². The number of rotatable bonds is 5. The molecule has 4 nitrogen and oxygen atoms in total. The van der Waals surface area contributed by atoms with Crippen LogP contribution < -0.4 is 5.32 Å². The molecule has 2 N–H and O–H groups in total. The summed E-state index contributed by atoms with van der Waals surface area (Å²) < 4.78 is 13.4. The summed E-state index contributed by atoms with van der Waals surface area (Å²) in [5, 5.41) is 13.4. The minimum absolute atomic E-state index is 0.213. The Bertz CT molecular complexity index is 481. The molecule has 1 aliphatic rings. The lowest BCUT2D eigenvalue weighted by molar-refractivity contribution is -0.154. The summed E-state index contributed by atoms with van der Waals surface area (Å²) in [5.74, 6) is -0.455. The zero-order valence-corrected chi connectivity index (χ0v) is 11.7. The van der Waals surface area contributed by atoms with Crippen molar-refractivity contribution in [3.8, 4) is 0 Å². The largest absolute Gasteiger partial charge is 0.379 e. The highest BCUT2D eigenvalue weighted by Gasteiger charge is 2.40. The van der Waals surface area contributed by atoms with Gasteiger partial charge in [-0.05, 0) is 37.4 Å².